The Morgan fingerprint density at radius 2 is 1.82 bits per heavy atom. The SMILES string of the molecule is CON(C)S(=O)(=O)c1cccc(C(=O)OCC(=O)N(C)C)c1. The number of carbonyl (C=O) groups is 2. The second-order valence-corrected chi connectivity index (χ2v) is 6.43. The van der Waals surface area contributed by atoms with E-state index in [9.17, 15) is 18.0 Å². The number of amides is 1. The molecule has 0 radical (unpaired) electrons. The van der Waals surface area contributed by atoms with Crippen molar-refractivity contribution in [3.63, 3.8) is 0 Å². The molecule has 1 aromatic carbocycles. The van der Waals surface area contributed by atoms with Crippen molar-refractivity contribution in [1.82, 2.24) is 9.37 Å². The summed E-state index contributed by atoms with van der Waals surface area (Å²) in [5, 5.41) is 0. The Hall–Kier alpha value is -1.97. The number of nitrogens with zero attached hydrogens (tertiary/aromatic N) is 2. The Morgan fingerprint density at radius 3 is 2.36 bits per heavy atom. The van der Waals surface area contributed by atoms with Crippen LogP contribution in [0.5, 0.6) is 0 Å². The number of likely N-dealkylation sites (N-methyl/N-ethyl adjacent to an activating group) is 1. The summed E-state index contributed by atoms with van der Waals surface area (Å²) in [4.78, 5) is 29.0. The molecule has 0 aliphatic rings. The number of esters is 1. The molecule has 0 heterocycles. The van der Waals surface area contributed by atoms with Crippen LogP contribution in [0.4, 0.5) is 0 Å². The molecule has 8 nitrogen and oxygen atoms in total. The summed E-state index contributed by atoms with van der Waals surface area (Å²) in [6.45, 7) is -0.416. The fourth-order valence-electron chi connectivity index (χ4n) is 1.37. The highest BCUT2D eigenvalue weighted by Crippen LogP contribution is 2.16. The summed E-state index contributed by atoms with van der Waals surface area (Å²) in [6, 6.07) is 5.29. The van der Waals surface area contributed by atoms with Crippen LogP contribution in [0.2, 0.25) is 0 Å². The Bertz CT molecular complexity index is 656. The highest BCUT2D eigenvalue weighted by molar-refractivity contribution is 7.89. The third-order valence-corrected chi connectivity index (χ3v) is 4.46. The molecule has 0 saturated heterocycles. The van der Waals surface area contributed by atoms with Crippen LogP contribution in [0.1, 0.15) is 10.4 Å². The molecule has 22 heavy (non-hydrogen) atoms. The van der Waals surface area contributed by atoms with Gasteiger partial charge < -0.3 is 9.64 Å². The van der Waals surface area contributed by atoms with Crippen LogP contribution >= 0.6 is 0 Å². The summed E-state index contributed by atoms with van der Waals surface area (Å²) in [6.07, 6.45) is 0. The molecule has 0 aliphatic carbocycles. The van der Waals surface area contributed by atoms with Crippen molar-refractivity contribution < 1.29 is 27.6 Å². The second kappa shape index (κ2) is 7.34. The zero-order valence-corrected chi connectivity index (χ0v) is 13.6. The number of hydrogen-bond donors (Lipinski definition) is 0. The van der Waals surface area contributed by atoms with Crippen molar-refractivity contribution in [2.75, 3.05) is 34.9 Å². The lowest BCUT2D eigenvalue weighted by Gasteiger charge is -2.14. The van der Waals surface area contributed by atoms with Gasteiger partial charge in [-0.2, -0.15) is 0 Å². The molecule has 0 unspecified atom stereocenters. The minimum atomic E-state index is -3.86. The van der Waals surface area contributed by atoms with Crippen molar-refractivity contribution in [1.29, 1.82) is 0 Å². The molecular formula is C13H18N2O6S. The quantitative estimate of drug-likeness (QED) is 0.543. The number of rotatable bonds is 6. The molecule has 0 spiro atoms. The average Bonchev–Trinajstić information content (AvgIpc) is 2.51. The van der Waals surface area contributed by atoms with E-state index in [1.54, 1.807) is 0 Å². The van der Waals surface area contributed by atoms with Crippen LogP contribution in [0.25, 0.3) is 0 Å². The van der Waals surface area contributed by atoms with Crippen LogP contribution in [-0.4, -0.2) is 64.5 Å². The summed E-state index contributed by atoms with van der Waals surface area (Å²) < 4.78 is 29.7. The maximum atomic E-state index is 12.1. The molecule has 0 aromatic heterocycles. The van der Waals surface area contributed by atoms with Gasteiger partial charge >= 0.3 is 5.97 Å². The van der Waals surface area contributed by atoms with Gasteiger partial charge in [0.05, 0.1) is 17.6 Å². The third-order valence-electron chi connectivity index (χ3n) is 2.79. The maximum Gasteiger partial charge on any atom is 0.338 e. The predicted molar refractivity (Wildman–Crippen MR) is 77.4 cm³/mol. The summed E-state index contributed by atoms with van der Waals surface area (Å²) >= 11 is 0. The smallest absolute Gasteiger partial charge is 0.338 e. The summed E-state index contributed by atoms with van der Waals surface area (Å²) in [5.41, 5.74) is 0.0251. The summed E-state index contributed by atoms with van der Waals surface area (Å²) in [5.74, 6) is -1.16. The number of sulfonamides is 1. The minimum absolute atomic E-state index is 0.0251. The van der Waals surface area contributed by atoms with Gasteiger partial charge in [0.15, 0.2) is 6.61 Å². The molecule has 0 atom stereocenters. The first-order chi connectivity index (χ1) is 10.2. The molecule has 9 heteroatoms. The van der Waals surface area contributed by atoms with Gasteiger partial charge in [0.1, 0.15) is 0 Å². The van der Waals surface area contributed by atoms with Crippen molar-refractivity contribution in [2.24, 2.45) is 0 Å². The van der Waals surface area contributed by atoms with Crippen molar-refractivity contribution in [3.8, 4) is 0 Å². The van der Waals surface area contributed by atoms with E-state index >= 15 is 0 Å². The molecule has 0 fully saturated rings. The fourth-order valence-corrected chi connectivity index (χ4v) is 2.39. The van der Waals surface area contributed by atoms with E-state index in [1.807, 2.05) is 0 Å². The Labute approximate surface area is 129 Å². The van der Waals surface area contributed by atoms with E-state index in [1.165, 1.54) is 51.4 Å². The van der Waals surface area contributed by atoms with Crippen LogP contribution < -0.4 is 0 Å². The molecule has 0 saturated carbocycles. The largest absolute Gasteiger partial charge is 0.452 e. The standard InChI is InChI=1S/C13H18N2O6S/c1-14(2)12(16)9-21-13(17)10-6-5-7-11(8-10)22(18,19)15(3)20-4/h5-8H,9H2,1-4H3. The highest BCUT2D eigenvalue weighted by Gasteiger charge is 2.22. The highest BCUT2D eigenvalue weighted by atomic mass is 32.2. The topological polar surface area (TPSA) is 93.2 Å². The van der Waals surface area contributed by atoms with Crippen molar-refractivity contribution in [3.05, 3.63) is 29.8 Å². The minimum Gasteiger partial charge on any atom is -0.452 e. The third kappa shape index (κ3) is 4.26. The number of ether oxygens (including phenoxy) is 1. The van der Waals surface area contributed by atoms with Gasteiger partial charge in [-0.25, -0.2) is 13.2 Å². The van der Waals surface area contributed by atoms with E-state index in [-0.39, 0.29) is 16.4 Å². The molecule has 1 aromatic rings. The lowest BCUT2D eigenvalue weighted by Crippen LogP contribution is -2.28. The number of hydroxylamine groups is 1. The lowest BCUT2D eigenvalue weighted by atomic mass is 10.2. The number of carbonyl (C=O) groups excluding carboxylic acids is 2. The van der Waals surface area contributed by atoms with Crippen molar-refractivity contribution >= 4 is 21.9 Å². The molecule has 0 aliphatic heterocycles. The average molecular weight is 330 g/mol. The van der Waals surface area contributed by atoms with E-state index in [0.717, 1.165) is 6.07 Å². The van der Waals surface area contributed by atoms with Gasteiger partial charge in [-0.3, -0.25) is 9.63 Å². The Kier molecular flexibility index (Phi) is 6.03. The molecule has 1 amide bonds. The predicted octanol–water partition coefficient (Wildman–Crippen LogP) is 0.114. The monoisotopic (exact) mass is 330 g/mol. The number of benzene rings is 1. The van der Waals surface area contributed by atoms with E-state index in [4.69, 9.17) is 4.74 Å². The lowest BCUT2D eigenvalue weighted by molar-refractivity contribution is -0.131. The van der Waals surface area contributed by atoms with Crippen LogP contribution in [0.15, 0.2) is 29.2 Å². The first kappa shape index (κ1) is 18.1. The zero-order valence-electron chi connectivity index (χ0n) is 12.8. The van der Waals surface area contributed by atoms with E-state index in [0.29, 0.717) is 4.47 Å². The van der Waals surface area contributed by atoms with Gasteiger partial charge in [-0.15, -0.1) is 0 Å². The van der Waals surface area contributed by atoms with Gasteiger partial charge in [0, 0.05) is 21.1 Å². The maximum absolute atomic E-state index is 12.1. The molecular weight excluding hydrogens is 312 g/mol. The molecule has 0 bridgehead atoms. The zero-order chi connectivity index (χ0) is 16.9. The molecule has 122 valence electrons. The Morgan fingerprint density at radius 1 is 1.18 bits per heavy atom. The van der Waals surface area contributed by atoms with Gasteiger partial charge in [0.25, 0.3) is 15.9 Å². The van der Waals surface area contributed by atoms with E-state index < -0.39 is 22.6 Å². The van der Waals surface area contributed by atoms with Crippen LogP contribution in [0, 0.1) is 0 Å². The van der Waals surface area contributed by atoms with Gasteiger partial charge in [-0.1, -0.05) is 10.5 Å². The van der Waals surface area contributed by atoms with Gasteiger partial charge in [0.2, 0.25) is 0 Å². The number of hydrogen-bond acceptors (Lipinski definition) is 6. The van der Waals surface area contributed by atoms with Crippen LogP contribution in [-0.2, 0) is 24.4 Å². The second-order valence-electron chi connectivity index (χ2n) is 4.49. The molecule has 1 rings (SSSR count). The normalized spacial score (nSPS) is 11.3. The van der Waals surface area contributed by atoms with Crippen LogP contribution in [0.3, 0.4) is 0 Å². The van der Waals surface area contributed by atoms with E-state index in [2.05, 4.69) is 4.84 Å². The fraction of sp³-hybridized carbons (Fsp3) is 0.385. The first-order valence-corrected chi connectivity index (χ1v) is 7.64. The molecule has 0 N–H and O–H groups in total. The van der Waals surface area contributed by atoms with Gasteiger partial charge in [-0.05, 0) is 18.2 Å². The Balaban J connectivity index is 2.93. The summed E-state index contributed by atoms with van der Waals surface area (Å²) in [7, 11) is 1.64. The first-order valence-electron chi connectivity index (χ1n) is 6.20. The van der Waals surface area contributed by atoms with Crippen molar-refractivity contribution in [2.45, 2.75) is 4.90 Å².